The first-order valence-corrected chi connectivity index (χ1v) is 8.93. The summed E-state index contributed by atoms with van der Waals surface area (Å²) in [7, 11) is 0. The van der Waals surface area contributed by atoms with Crippen LogP contribution in [-0.2, 0) is 13.0 Å². The van der Waals surface area contributed by atoms with Crippen LogP contribution < -0.4 is 9.64 Å². The Morgan fingerprint density at radius 3 is 2.93 bits per heavy atom. The van der Waals surface area contributed by atoms with Crippen LogP contribution in [0.3, 0.4) is 0 Å². The maximum atomic E-state index is 14.3. The van der Waals surface area contributed by atoms with Gasteiger partial charge in [0.1, 0.15) is 17.4 Å². The minimum atomic E-state index is -0.564. The van der Waals surface area contributed by atoms with Gasteiger partial charge in [0, 0.05) is 12.6 Å². The number of benzene rings is 2. The molecular weight excluding hydrogens is 352 g/mol. The summed E-state index contributed by atoms with van der Waals surface area (Å²) in [6.07, 6.45) is 1.46. The zero-order chi connectivity index (χ0) is 18.8. The first-order chi connectivity index (χ1) is 13.2. The van der Waals surface area contributed by atoms with E-state index in [1.807, 2.05) is 36.1 Å². The average molecular weight is 371 g/mol. The fourth-order valence-electron chi connectivity index (χ4n) is 3.42. The van der Waals surface area contributed by atoms with E-state index in [2.05, 4.69) is 10.1 Å². The molecular formula is C20H19F2N3O2. The molecule has 7 heteroatoms. The predicted octanol–water partition coefficient (Wildman–Crippen LogP) is 4.37. The molecule has 0 aliphatic carbocycles. The summed E-state index contributed by atoms with van der Waals surface area (Å²) in [5.74, 6) is 0.350. The first-order valence-electron chi connectivity index (χ1n) is 8.93. The molecule has 0 atom stereocenters. The van der Waals surface area contributed by atoms with E-state index in [-0.39, 0.29) is 6.54 Å². The van der Waals surface area contributed by atoms with E-state index < -0.39 is 11.6 Å². The zero-order valence-electron chi connectivity index (χ0n) is 14.9. The fourth-order valence-corrected chi connectivity index (χ4v) is 3.42. The molecule has 0 fully saturated rings. The van der Waals surface area contributed by atoms with Crippen molar-refractivity contribution in [2.45, 2.75) is 26.3 Å². The third-order valence-electron chi connectivity index (χ3n) is 4.52. The van der Waals surface area contributed by atoms with Crippen LogP contribution in [-0.4, -0.2) is 23.3 Å². The number of fused-ring (bicyclic) bond motifs is 1. The molecule has 0 unspecified atom stereocenters. The number of halogens is 2. The highest BCUT2D eigenvalue weighted by Gasteiger charge is 2.24. The second-order valence-electron chi connectivity index (χ2n) is 6.36. The van der Waals surface area contributed by atoms with Crippen molar-refractivity contribution in [2.24, 2.45) is 0 Å². The molecule has 1 aromatic heterocycles. The number of hydrogen-bond donors (Lipinski definition) is 0. The summed E-state index contributed by atoms with van der Waals surface area (Å²) in [4.78, 5) is 6.26. The topological polar surface area (TPSA) is 51.4 Å². The second kappa shape index (κ2) is 7.34. The average Bonchev–Trinajstić information content (AvgIpc) is 3.10. The van der Waals surface area contributed by atoms with Gasteiger partial charge in [0.05, 0.1) is 24.4 Å². The maximum absolute atomic E-state index is 14.3. The van der Waals surface area contributed by atoms with E-state index >= 15 is 0 Å². The van der Waals surface area contributed by atoms with Gasteiger partial charge in [-0.05, 0) is 43.5 Å². The number of ether oxygens (including phenoxy) is 1. The van der Waals surface area contributed by atoms with Crippen LogP contribution in [0.2, 0.25) is 0 Å². The number of nitrogens with zero attached hydrogens (tertiary/aromatic N) is 3. The summed E-state index contributed by atoms with van der Waals surface area (Å²) in [5.41, 5.74) is 1.82. The van der Waals surface area contributed by atoms with Gasteiger partial charge in [-0.3, -0.25) is 0 Å². The standard InChI is InChI=1S/C20H19F2N3O2/c1-2-26-17-8-4-3-7-15(17)20-23-18(27-24-20)12-25-9-5-6-13-10-14(21)11-16(22)19(13)25/h3-4,7-8,10-11H,2,5-6,9,12H2,1H3. The number of para-hydroxylation sites is 1. The molecule has 2 aromatic carbocycles. The van der Waals surface area contributed by atoms with E-state index in [1.165, 1.54) is 6.07 Å². The quantitative estimate of drug-likeness (QED) is 0.667. The van der Waals surface area contributed by atoms with Crippen molar-refractivity contribution in [1.29, 1.82) is 0 Å². The smallest absolute Gasteiger partial charge is 0.246 e. The van der Waals surface area contributed by atoms with E-state index in [0.29, 0.717) is 48.3 Å². The zero-order valence-corrected chi connectivity index (χ0v) is 14.9. The van der Waals surface area contributed by atoms with Crippen LogP contribution in [0.1, 0.15) is 24.8 Å². The van der Waals surface area contributed by atoms with Crippen LogP contribution >= 0.6 is 0 Å². The Bertz CT molecular complexity index is 958. The van der Waals surface area contributed by atoms with Gasteiger partial charge in [0.15, 0.2) is 0 Å². The van der Waals surface area contributed by atoms with Crippen molar-refractivity contribution in [3.63, 3.8) is 0 Å². The van der Waals surface area contributed by atoms with Gasteiger partial charge in [-0.15, -0.1) is 0 Å². The normalized spacial score (nSPS) is 13.5. The number of anilines is 1. The Morgan fingerprint density at radius 2 is 2.07 bits per heavy atom. The van der Waals surface area contributed by atoms with Crippen molar-refractivity contribution in [3.05, 3.63) is 59.5 Å². The van der Waals surface area contributed by atoms with Gasteiger partial charge in [-0.25, -0.2) is 8.78 Å². The molecule has 0 amide bonds. The summed E-state index contributed by atoms with van der Waals surface area (Å²) in [5, 5.41) is 4.04. The third-order valence-corrected chi connectivity index (χ3v) is 4.52. The van der Waals surface area contributed by atoms with Crippen LogP contribution in [0.5, 0.6) is 5.75 Å². The molecule has 1 aliphatic rings. The highest BCUT2D eigenvalue weighted by molar-refractivity contribution is 5.63. The number of rotatable bonds is 5. The highest BCUT2D eigenvalue weighted by atomic mass is 19.1. The summed E-state index contributed by atoms with van der Waals surface area (Å²) < 4.78 is 38.8. The van der Waals surface area contributed by atoms with Gasteiger partial charge in [-0.2, -0.15) is 4.98 Å². The summed E-state index contributed by atoms with van der Waals surface area (Å²) in [6.45, 7) is 3.34. The number of aromatic nitrogens is 2. The summed E-state index contributed by atoms with van der Waals surface area (Å²) in [6, 6.07) is 9.76. The monoisotopic (exact) mass is 371 g/mol. The Kier molecular flexibility index (Phi) is 4.75. The molecule has 27 heavy (non-hydrogen) atoms. The molecule has 5 nitrogen and oxygen atoms in total. The first kappa shape index (κ1) is 17.5. The van der Waals surface area contributed by atoms with Gasteiger partial charge < -0.3 is 14.2 Å². The Morgan fingerprint density at radius 1 is 1.22 bits per heavy atom. The Hall–Kier alpha value is -2.96. The molecule has 0 spiro atoms. The lowest BCUT2D eigenvalue weighted by atomic mass is 10.0. The van der Waals surface area contributed by atoms with Crippen molar-refractivity contribution >= 4 is 5.69 Å². The van der Waals surface area contributed by atoms with Crippen molar-refractivity contribution in [2.75, 3.05) is 18.1 Å². The lowest BCUT2D eigenvalue weighted by molar-refractivity contribution is 0.340. The molecule has 0 bridgehead atoms. The molecule has 4 rings (SSSR count). The van der Waals surface area contributed by atoms with E-state index in [0.717, 1.165) is 18.1 Å². The van der Waals surface area contributed by atoms with Crippen molar-refractivity contribution < 1.29 is 18.0 Å². The second-order valence-corrected chi connectivity index (χ2v) is 6.36. The lowest BCUT2D eigenvalue weighted by Gasteiger charge is -2.30. The van der Waals surface area contributed by atoms with Crippen LogP contribution in [0.4, 0.5) is 14.5 Å². The molecule has 0 saturated heterocycles. The lowest BCUT2D eigenvalue weighted by Crippen LogP contribution is -2.30. The molecule has 0 radical (unpaired) electrons. The fraction of sp³-hybridized carbons (Fsp3) is 0.300. The van der Waals surface area contributed by atoms with Crippen LogP contribution in [0, 0.1) is 11.6 Å². The van der Waals surface area contributed by atoms with E-state index in [1.54, 1.807) is 0 Å². The van der Waals surface area contributed by atoms with Crippen molar-refractivity contribution in [1.82, 2.24) is 10.1 Å². The molecule has 0 N–H and O–H groups in total. The largest absolute Gasteiger partial charge is 0.493 e. The van der Waals surface area contributed by atoms with Crippen LogP contribution in [0.25, 0.3) is 11.4 Å². The highest BCUT2D eigenvalue weighted by Crippen LogP contribution is 2.33. The maximum Gasteiger partial charge on any atom is 0.246 e. The molecule has 140 valence electrons. The Balaban J connectivity index is 1.60. The SMILES string of the molecule is CCOc1ccccc1-c1noc(CN2CCCc3cc(F)cc(F)c32)n1. The molecule has 3 aromatic rings. The molecule has 1 aliphatic heterocycles. The van der Waals surface area contributed by atoms with Crippen LogP contribution in [0.15, 0.2) is 40.9 Å². The van der Waals surface area contributed by atoms with E-state index in [9.17, 15) is 8.78 Å². The van der Waals surface area contributed by atoms with Gasteiger partial charge in [-0.1, -0.05) is 17.3 Å². The molecule has 0 saturated carbocycles. The predicted molar refractivity (Wildman–Crippen MR) is 96.6 cm³/mol. The Labute approximate surface area is 155 Å². The third kappa shape index (κ3) is 3.49. The minimum Gasteiger partial charge on any atom is -0.493 e. The van der Waals surface area contributed by atoms with Gasteiger partial charge in [0.2, 0.25) is 11.7 Å². The van der Waals surface area contributed by atoms with E-state index in [4.69, 9.17) is 9.26 Å². The van der Waals surface area contributed by atoms with Gasteiger partial charge >= 0.3 is 0 Å². The summed E-state index contributed by atoms with van der Waals surface area (Å²) >= 11 is 0. The molecule has 2 heterocycles. The number of aryl methyl sites for hydroxylation is 1. The number of hydrogen-bond acceptors (Lipinski definition) is 5. The minimum absolute atomic E-state index is 0.263. The van der Waals surface area contributed by atoms with Crippen molar-refractivity contribution in [3.8, 4) is 17.1 Å². The van der Waals surface area contributed by atoms with Gasteiger partial charge in [0.25, 0.3) is 0 Å².